The summed E-state index contributed by atoms with van der Waals surface area (Å²) in [5, 5.41) is 8.94. The standard InChI is InChI=1S/C19H20N4OS/c24-18(22-12-6-2-7-13-22)17(15-9-3-1-4-10-15)25-19-21-20-16-11-5-8-14-23(16)19/h1,3-5,8-11,14,17H,2,6-7,12-13H2/t17-/m0/s1. The third-order valence-corrected chi connectivity index (χ3v) is 5.70. The smallest absolute Gasteiger partial charge is 0.240 e. The van der Waals surface area contributed by atoms with Crippen LogP contribution in [0.1, 0.15) is 30.1 Å². The lowest BCUT2D eigenvalue weighted by atomic mass is 10.1. The van der Waals surface area contributed by atoms with E-state index in [0.29, 0.717) is 0 Å². The summed E-state index contributed by atoms with van der Waals surface area (Å²) in [6.07, 6.45) is 5.32. The first-order valence-electron chi connectivity index (χ1n) is 8.63. The van der Waals surface area contributed by atoms with E-state index in [1.54, 1.807) is 0 Å². The minimum absolute atomic E-state index is 0.170. The molecule has 1 fully saturated rings. The molecule has 1 aliphatic heterocycles. The summed E-state index contributed by atoms with van der Waals surface area (Å²) >= 11 is 1.48. The summed E-state index contributed by atoms with van der Waals surface area (Å²) in [5.74, 6) is 0.170. The molecule has 6 heteroatoms. The van der Waals surface area contributed by atoms with Crippen LogP contribution in [0.5, 0.6) is 0 Å². The van der Waals surface area contributed by atoms with Crippen molar-refractivity contribution < 1.29 is 4.79 Å². The fourth-order valence-corrected chi connectivity index (χ4v) is 4.28. The quantitative estimate of drug-likeness (QED) is 0.674. The number of carbonyl (C=O) groups excluding carboxylic acids is 1. The van der Waals surface area contributed by atoms with Crippen LogP contribution in [0, 0.1) is 0 Å². The predicted molar refractivity (Wildman–Crippen MR) is 98.5 cm³/mol. The van der Waals surface area contributed by atoms with Crippen LogP contribution in [0.2, 0.25) is 0 Å². The molecule has 0 unspecified atom stereocenters. The van der Waals surface area contributed by atoms with E-state index in [4.69, 9.17) is 0 Å². The van der Waals surface area contributed by atoms with Gasteiger partial charge < -0.3 is 4.90 Å². The number of rotatable bonds is 4. The van der Waals surface area contributed by atoms with E-state index in [9.17, 15) is 4.79 Å². The minimum Gasteiger partial charge on any atom is -0.341 e. The molecule has 1 saturated heterocycles. The van der Waals surface area contributed by atoms with E-state index in [1.807, 2.05) is 64.0 Å². The van der Waals surface area contributed by atoms with Gasteiger partial charge in [0, 0.05) is 19.3 Å². The highest BCUT2D eigenvalue weighted by molar-refractivity contribution is 8.00. The molecule has 0 N–H and O–H groups in total. The van der Waals surface area contributed by atoms with Crippen molar-refractivity contribution >= 4 is 23.3 Å². The lowest BCUT2D eigenvalue weighted by Gasteiger charge is -2.30. The third-order valence-electron chi connectivity index (χ3n) is 4.50. The zero-order chi connectivity index (χ0) is 17.1. The Morgan fingerprint density at radius 2 is 1.72 bits per heavy atom. The fraction of sp³-hybridized carbons (Fsp3) is 0.316. The van der Waals surface area contributed by atoms with Crippen molar-refractivity contribution in [3.8, 4) is 0 Å². The van der Waals surface area contributed by atoms with Crippen LogP contribution < -0.4 is 0 Å². The van der Waals surface area contributed by atoms with Crippen LogP contribution in [0.15, 0.2) is 59.9 Å². The molecule has 2 aromatic heterocycles. The van der Waals surface area contributed by atoms with Crippen molar-refractivity contribution in [1.29, 1.82) is 0 Å². The number of likely N-dealkylation sites (tertiary alicyclic amines) is 1. The average molecular weight is 352 g/mol. The molecular formula is C19H20N4OS. The zero-order valence-corrected chi connectivity index (χ0v) is 14.7. The van der Waals surface area contributed by atoms with Gasteiger partial charge in [0.1, 0.15) is 5.25 Å². The molecular weight excluding hydrogens is 332 g/mol. The second-order valence-corrected chi connectivity index (χ2v) is 7.28. The molecule has 1 aromatic carbocycles. The van der Waals surface area contributed by atoms with Gasteiger partial charge in [-0.2, -0.15) is 0 Å². The normalized spacial score (nSPS) is 16.1. The van der Waals surface area contributed by atoms with Crippen molar-refractivity contribution in [2.24, 2.45) is 0 Å². The summed E-state index contributed by atoms with van der Waals surface area (Å²) in [4.78, 5) is 15.2. The van der Waals surface area contributed by atoms with Gasteiger partial charge in [0.15, 0.2) is 10.8 Å². The largest absolute Gasteiger partial charge is 0.341 e. The number of hydrogen-bond donors (Lipinski definition) is 0. The Kier molecular flexibility index (Phi) is 4.70. The van der Waals surface area contributed by atoms with Gasteiger partial charge >= 0.3 is 0 Å². The van der Waals surface area contributed by atoms with Crippen LogP contribution in [0.3, 0.4) is 0 Å². The number of amides is 1. The highest BCUT2D eigenvalue weighted by Crippen LogP contribution is 2.36. The van der Waals surface area contributed by atoms with Gasteiger partial charge in [-0.3, -0.25) is 9.20 Å². The van der Waals surface area contributed by atoms with Gasteiger partial charge in [-0.15, -0.1) is 10.2 Å². The van der Waals surface area contributed by atoms with Crippen LogP contribution in [-0.2, 0) is 4.79 Å². The number of nitrogens with zero attached hydrogens (tertiary/aromatic N) is 4. The van der Waals surface area contributed by atoms with Crippen LogP contribution in [-0.4, -0.2) is 38.5 Å². The topological polar surface area (TPSA) is 50.5 Å². The van der Waals surface area contributed by atoms with Crippen LogP contribution in [0.4, 0.5) is 0 Å². The summed E-state index contributed by atoms with van der Waals surface area (Å²) in [5.41, 5.74) is 1.80. The second kappa shape index (κ2) is 7.27. The monoisotopic (exact) mass is 352 g/mol. The lowest BCUT2D eigenvalue weighted by molar-refractivity contribution is -0.131. The Morgan fingerprint density at radius 1 is 0.960 bits per heavy atom. The van der Waals surface area contributed by atoms with E-state index in [1.165, 1.54) is 18.2 Å². The van der Waals surface area contributed by atoms with Crippen molar-refractivity contribution in [2.45, 2.75) is 29.7 Å². The first-order chi connectivity index (χ1) is 12.3. The number of fused-ring (bicyclic) bond motifs is 1. The zero-order valence-electron chi connectivity index (χ0n) is 13.9. The Labute approximate surface area is 151 Å². The molecule has 0 radical (unpaired) electrons. The second-order valence-electron chi connectivity index (χ2n) is 6.21. The molecule has 25 heavy (non-hydrogen) atoms. The SMILES string of the molecule is O=C([C@@H](Sc1nnc2ccccn12)c1ccccc1)N1CCCCC1. The van der Waals surface area contributed by atoms with Gasteiger partial charge in [0.25, 0.3) is 0 Å². The summed E-state index contributed by atoms with van der Waals surface area (Å²) < 4.78 is 1.93. The van der Waals surface area contributed by atoms with Crippen LogP contribution >= 0.6 is 11.8 Å². The van der Waals surface area contributed by atoms with Gasteiger partial charge in [-0.1, -0.05) is 48.2 Å². The minimum atomic E-state index is -0.299. The Balaban J connectivity index is 1.66. The number of hydrogen-bond acceptors (Lipinski definition) is 4. The molecule has 1 amide bonds. The molecule has 128 valence electrons. The first kappa shape index (κ1) is 16.1. The van der Waals surface area contributed by atoms with E-state index in [0.717, 1.165) is 42.3 Å². The average Bonchev–Trinajstić information content (AvgIpc) is 3.10. The molecule has 3 heterocycles. The molecule has 1 aliphatic rings. The lowest BCUT2D eigenvalue weighted by Crippen LogP contribution is -2.38. The van der Waals surface area contributed by atoms with Gasteiger partial charge in [-0.05, 0) is 37.0 Å². The van der Waals surface area contributed by atoms with Crippen LogP contribution in [0.25, 0.3) is 5.65 Å². The molecule has 5 nitrogen and oxygen atoms in total. The fourth-order valence-electron chi connectivity index (χ4n) is 3.17. The summed E-state index contributed by atoms with van der Waals surface area (Å²) in [6, 6.07) is 15.8. The third kappa shape index (κ3) is 3.39. The predicted octanol–water partition coefficient (Wildman–Crippen LogP) is 3.58. The Morgan fingerprint density at radius 3 is 2.52 bits per heavy atom. The van der Waals surface area contributed by atoms with Gasteiger partial charge in [-0.25, -0.2) is 0 Å². The molecule has 0 aliphatic carbocycles. The first-order valence-corrected chi connectivity index (χ1v) is 9.51. The van der Waals surface area contributed by atoms with Crippen molar-refractivity contribution in [2.75, 3.05) is 13.1 Å². The maximum atomic E-state index is 13.2. The highest BCUT2D eigenvalue weighted by atomic mass is 32.2. The van der Waals surface area contributed by atoms with Crippen molar-refractivity contribution in [3.05, 3.63) is 60.3 Å². The number of aromatic nitrogens is 3. The van der Waals surface area contributed by atoms with Gasteiger partial charge in [0.05, 0.1) is 0 Å². The molecule has 0 bridgehead atoms. The van der Waals surface area contributed by atoms with E-state index in [2.05, 4.69) is 10.2 Å². The number of thioether (sulfide) groups is 1. The summed E-state index contributed by atoms with van der Waals surface area (Å²) in [6.45, 7) is 1.70. The molecule has 1 atom stereocenters. The molecule has 0 saturated carbocycles. The maximum absolute atomic E-state index is 13.2. The number of carbonyl (C=O) groups is 1. The Bertz CT molecular complexity index is 858. The molecule has 3 aromatic rings. The van der Waals surface area contributed by atoms with E-state index in [-0.39, 0.29) is 11.2 Å². The highest BCUT2D eigenvalue weighted by Gasteiger charge is 2.29. The van der Waals surface area contributed by atoms with Gasteiger partial charge in [0.2, 0.25) is 5.91 Å². The maximum Gasteiger partial charge on any atom is 0.240 e. The van der Waals surface area contributed by atoms with E-state index >= 15 is 0 Å². The Hall–Kier alpha value is -2.34. The molecule has 4 rings (SSSR count). The van der Waals surface area contributed by atoms with Crippen molar-refractivity contribution in [1.82, 2.24) is 19.5 Å². The summed E-state index contributed by atoms with van der Waals surface area (Å²) in [7, 11) is 0. The van der Waals surface area contributed by atoms with Crippen molar-refractivity contribution in [3.63, 3.8) is 0 Å². The number of benzene rings is 1. The number of piperidine rings is 1. The molecule has 0 spiro atoms. The number of pyridine rings is 1. The van der Waals surface area contributed by atoms with E-state index < -0.39 is 0 Å².